The van der Waals surface area contributed by atoms with Crippen LogP contribution >= 0.6 is 0 Å². The summed E-state index contributed by atoms with van der Waals surface area (Å²) in [6.45, 7) is 5.94. The molecule has 1 aliphatic rings. The number of aliphatic hydroxyl groups excluding tert-OH is 2. The number of aliphatic hydroxyl groups is 2. The second-order valence-electron chi connectivity index (χ2n) is 10.2. The van der Waals surface area contributed by atoms with Gasteiger partial charge in [-0.15, -0.1) is 0 Å². The maximum Gasteiger partial charge on any atom is 0.137 e. The summed E-state index contributed by atoms with van der Waals surface area (Å²) in [7, 11) is 0. The molecule has 1 heterocycles. The summed E-state index contributed by atoms with van der Waals surface area (Å²) < 4.78 is 11.8. The summed E-state index contributed by atoms with van der Waals surface area (Å²) in [5.41, 5.74) is 0. The molecule has 1 saturated heterocycles. The highest BCUT2D eigenvalue weighted by Gasteiger charge is 2.24. The molecule has 4 N–H and O–H groups in total. The third kappa shape index (κ3) is 7.21. The van der Waals surface area contributed by atoms with Gasteiger partial charge < -0.3 is 29.5 Å². The summed E-state index contributed by atoms with van der Waals surface area (Å²) in [5.74, 6) is 1.58. The second kappa shape index (κ2) is 12.4. The van der Waals surface area contributed by atoms with Crippen LogP contribution in [-0.4, -0.2) is 74.9 Å². The van der Waals surface area contributed by atoms with Gasteiger partial charge in [-0.05, 0) is 45.8 Å². The first-order chi connectivity index (χ1) is 18.1. The third-order valence-corrected chi connectivity index (χ3v) is 7.27. The average Bonchev–Trinajstić information content (AvgIpc) is 3.15. The molecule has 4 atom stereocenters. The number of hydrogen-bond acceptors (Lipinski definition) is 4. The van der Waals surface area contributed by atoms with Crippen molar-refractivity contribution in [3.8, 4) is 11.5 Å². The normalized spacial score (nSPS) is 19.8. The zero-order chi connectivity index (χ0) is 25.5. The monoisotopic (exact) mass is 502 g/mol. The van der Waals surface area contributed by atoms with Gasteiger partial charge in [0.15, 0.2) is 0 Å². The molecular weight excluding hydrogens is 464 g/mol. The molecule has 1 fully saturated rings. The van der Waals surface area contributed by atoms with Gasteiger partial charge in [0.05, 0.1) is 13.1 Å². The molecule has 4 aromatic carbocycles. The highest BCUT2D eigenvalue weighted by atomic mass is 16.5. The lowest BCUT2D eigenvalue weighted by Gasteiger charge is -2.22. The molecule has 4 unspecified atom stereocenters. The second-order valence-corrected chi connectivity index (χ2v) is 10.2. The van der Waals surface area contributed by atoms with E-state index in [4.69, 9.17) is 9.47 Å². The number of rotatable bonds is 10. The topological polar surface area (TPSA) is 67.8 Å². The van der Waals surface area contributed by atoms with Crippen molar-refractivity contribution in [2.75, 3.05) is 52.5 Å². The van der Waals surface area contributed by atoms with Crippen molar-refractivity contribution in [1.82, 2.24) is 0 Å². The molecular formula is C31H38N2O4+2. The molecule has 0 aromatic heterocycles. The Hall–Kier alpha value is -3.16. The van der Waals surface area contributed by atoms with Crippen LogP contribution in [0.2, 0.25) is 0 Å². The summed E-state index contributed by atoms with van der Waals surface area (Å²) in [6, 6.07) is 28.5. The lowest BCUT2D eigenvalue weighted by molar-refractivity contribution is -0.941. The average molecular weight is 503 g/mol. The Bertz CT molecular complexity index is 1200. The number of hydrogen-bond donors (Lipinski definition) is 4. The van der Waals surface area contributed by atoms with E-state index in [1.165, 1.54) is 20.6 Å². The Morgan fingerprint density at radius 3 is 1.46 bits per heavy atom. The fourth-order valence-corrected chi connectivity index (χ4v) is 5.28. The van der Waals surface area contributed by atoms with Crippen LogP contribution in [0.25, 0.3) is 21.5 Å². The van der Waals surface area contributed by atoms with Gasteiger partial charge in [0.1, 0.15) is 63.1 Å². The van der Waals surface area contributed by atoms with Gasteiger partial charge in [-0.2, -0.15) is 0 Å². The Kier molecular flexibility index (Phi) is 8.53. The molecule has 5 rings (SSSR count). The lowest BCUT2D eigenvalue weighted by Crippen LogP contribution is -3.18. The molecule has 4 aromatic rings. The maximum atomic E-state index is 10.6. The van der Waals surface area contributed by atoms with Crippen LogP contribution < -0.4 is 19.3 Å². The fraction of sp³-hybridized carbons (Fsp3) is 0.355. The molecule has 194 valence electrons. The highest BCUT2D eigenvalue weighted by Crippen LogP contribution is 2.21. The van der Waals surface area contributed by atoms with Crippen LogP contribution in [0.4, 0.5) is 0 Å². The minimum atomic E-state index is -0.510. The van der Waals surface area contributed by atoms with Gasteiger partial charge >= 0.3 is 0 Å². The lowest BCUT2D eigenvalue weighted by atomic mass is 10.1. The maximum absolute atomic E-state index is 10.6. The van der Waals surface area contributed by atoms with Crippen molar-refractivity contribution in [3.05, 3.63) is 84.9 Å². The van der Waals surface area contributed by atoms with Gasteiger partial charge in [0.25, 0.3) is 0 Å². The zero-order valence-corrected chi connectivity index (χ0v) is 21.3. The number of nitrogens with one attached hydrogen (secondary N) is 2. The van der Waals surface area contributed by atoms with Crippen LogP contribution in [-0.2, 0) is 0 Å². The van der Waals surface area contributed by atoms with E-state index in [2.05, 4.69) is 36.4 Å². The van der Waals surface area contributed by atoms with Crippen LogP contribution in [0.1, 0.15) is 6.42 Å². The van der Waals surface area contributed by atoms with Gasteiger partial charge in [0.2, 0.25) is 0 Å². The van der Waals surface area contributed by atoms with E-state index in [1.54, 1.807) is 0 Å². The molecule has 0 saturated carbocycles. The number of ether oxygens (including phenoxy) is 2. The van der Waals surface area contributed by atoms with E-state index in [9.17, 15) is 10.2 Å². The molecule has 0 spiro atoms. The summed E-state index contributed by atoms with van der Waals surface area (Å²) in [6.07, 6.45) is 0.0502. The first-order valence-electron chi connectivity index (χ1n) is 13.4. The number of quaternary nitrogens is 2. The van der Waals surface area contributed by atoms with Crippen molar-refractivity contribution < 1.29 is 29.5 Å². The first kappa shape index (κ1) is 25.5. The summed E-state index contributed by atoms with van der Waals surface area (Å²) >= 11 is 0. The van der Waals surface area contributed by atoms with Crippen molar-refractivity contribution in [2.45, 2.75) is 18.6 Å². The van der Waals surface area contributed by atoms with Gasteiger partial charge in [-0.3, -0.25) is 0 Å². The van der Waals surface area contributed by atoms with E-state index < -0.39 is 12.2 Å². The van der Waals surface area contributed by atoms with E-state index in [0.29, 0.717) is 26.3 Å². The SMILES string of the molecule is OC(COc1ccc2ccccc2c1)C[NH+]1CCC[NH+](CC(O)COc2ccc3ccccc3c2)CC1. The molecule has 37 heavy (non-hydrogen) atoms. The van der Waals surface area contributed by atoms with Crippen LogP contribution in [0.15, 0.2) is 84.9 Å². The van der Waals surface area contributed by atoms with Gasteiger partial charge in [-0.25, -0.2) is 0 Å². The predicted octanol–water partition coefficient (Wildman–Crippen LogP) is 1.35. The van der Waals surface area contributed by atoms with Crippen molar-refractivity contribution in [2.24, 2.45) is 0 Å². The van der Waals surface area contributed by atoms with E-state index in [0.717, 1.165) is 54.9 Å². The van der Waals surface area contributed by atoms with Crippen LogP contribution in [0.3, 0.4) is 0 Å². The highest BCUT2D eigenvalue weighted by molar-refractivity contribution is 5.84. The molecule has 6 heteroatoms. The van der Waals surface area contributed by atoms with E-state index in [1.807, 2.05) is 48.5 Å². The Balaban J connectivity index is 1.03. The number of fused-ring (bicyclic) bond motifs is 2. The van der Waals surface area contributed by atoms with Crippen molar-refractivity contribution in [1.29, 1.82) is 0 Å². The van der Waals surface area contributed by atoms with E-state index >= 15 is 0 Å². The fourth-order valence-electron chi connectivity index (χ4n) is 5.28. The summed E-state index contributed by atoms with van der Waals surface area (Å²) in [5, 5.41) is 25.9. The number of benzene rings is 4. The van der Waals surface area contributed by atoms with Crippen molar-refractivity contribution >= 4 is 21.5 Å². The quantitative estimate of drug-likeness (QED) is 0.264. The minimum Gasteiger partial charge on any atom is -0.491 e. The largest absolute Gasteiger partial charge is 0.491 e. The van der Waals surface area contributed by atoms with Gasteiger partial charge in [0, 0.05) is 6.42 Å². The molecule has 6 nitrogen and oxygen atoms in total. The summed E-state index contributed by atoms with van der Waals surface area (Å²) in [4.78, 5) is 2.79. The molecule has 1 aliphatic heterocycles. The zero-order valence-electron chi connectivity index (χ0n) is 21.3. The minimum absolute atomic E-state index is 0.295. The van der Waals surface area contributed by atoms with Gasteiger partial charge in [-0.1, -0.05) is 60.7 Å². The Labute approximate surface area is 218 Å². The third-order valence-electron chi connectivity index (χ3n) is 7.27. The van der Waals surface area contributed by atoms with Crippen molar-refractivity contribution in [3.63, 3.8) is 0 Å². The van der Waals surface area contributed by atoms with Crippen LogP contribution in [0, 0.1) is 0 Å². The van der Waals surface area contributed by atoms with E-state index in [-0.39, 0.29) is 0 Å². The first-order valence-corrected chi connectivity index (χ1v) is 13.4. The molecule has 0 bridgehead atoms. The molecule has 0 aliphatic carbocycles. The predicted molar refractivity (Wildman–Crippen MR) is 147 cm³/mol. The Morgan fingerprint density at radius 1 is 0.568 bits per heavy atom. The smallest absolute Gasteiger partial charge is 0.137 e. The Morgan fingerprint density at radius 2 is 1.00 bits per heavy atom. The standard InChI is InChI=1S/C31H36N2O4/c34-28(22-36-30-12-10-24-6-1-3-8-26(24)18-30)20-32-14-5-15-33(17-16-32)21-29(35)23-37-31-13-11-25-7-2-4-9-27(25)19-31/h1-4,6-13,18-19,28-29,34-35H,5,14-17,20-23H2/p+2. The molecule has 0 radical (unpaired) electrons. The van der Waals surface area contributed by atoms with Crippen LogP contribution in [0.5, 0.6) is 11.5 Å². The molecule has 0 amide bonds.